The van der Waals surface area contributed by atoms with Crippen molar-refractivity contribution in [3.63, 3.8) is 0 Å². The Kier molecular flexibility index (Phi) is 10.1. The van der Waals surface area contributed by atoms with Gasteiger partial charge in [0.2, 0.25) is 0 Å². The minimum atomic E-state index is -0.611. The molecule has 0 fully saturated rings. The van der Waals surface area contributed by atoms with Crippen molar-refractivity contribution in [3.8, 4) is 17.4 Å². The van der Waals surface area contributed by atoms with Crippen LogP contribution in [0.15, 0.2) is 46.4 Å². The predicted molar refractivity (Wildman–Crippen MR) is 116 cm³/mol. The van der Waals surface area contributed by atoms with Gasteiger partial charge in [0.15, 0.2) is 0 Å². The van der Waals surface area contributed by atoms with Crippen LogP contribution in [0.5, 0.6) is 0 Å². The van der Waals surface area contributed by atoms with Crippen LogP contribution in [0.2, 0.25) is 5.02 Å². The second-order valence-electron chi connectivity index (χ2n) is 6.99. The van der Waals surface area contributed by atoms with E-state index in [0.29, 0.717) is 23.2 Å². The second-order valence-corrected chi connectivity index (χ2v) is 7.43. The molecule has 154 valence electrons. The lowest BCUT2D eigenvalue weighted by molar-refractivity contribution is -0.138. The fraction of sp³-hybridized carbons (Fsp3) is 0.417. The first-order chi connectivity index (χ1) is 14.1. The highest BCUT2D eigenvalue weighted by Gasteiger charge is 2.12. The molecule has 29 heavy (non-hydrogen) atoms. The molecule has 1 aromatic heterocycles. The molecule has 0 saturated carbocycles. The Morgan fingerprint density at radius 1 is 1.03 bits per heavy atom. The minimum absolute atomic E-state index is 0.0680. The van der Waals surface area contributed by atoms with E-state index in [4.69, 9.17) is 20.8 Å². The monoisotopic (exact) mass is 413 g/mol. The van der Waals surface area contributed by atoms with E-state index in [1.807, 2.05) is 18.2 Å². The molecule has 0 aliphatic carbocycles. The van der Waals surface area contributed by atoms with Crippen molar-refractivity contribution in [1.29, 1.82) is 5.26 Å². The third-order valence-corrected chi connectivity index (χ3v) is 4.87. The molecule has 0 radical (unpaired) electrons. The van der Waals surface area contributed by atoms with Gasteiger partial charge in [-0.2, -0.15) is 5.26 Å². The van der Waals surface area contributed by atoms with E-state index in [0.717, 1.165) is 24.8 Å². The highest BCUT2D eigenvalue weighted by atomic mass is 35.5. The Morgan fingerprint density at radius 3 is 2.34 bits per heavy atom. The van der Waals surface area contributed by atoms with Crippen molar-refractivity contribution >= 4 is 23.6 Å². The molecule has 4 nitrogen and oxygen atoms in total. The van der Waals surface area contributed by atoms with Crippen LogP contribution in [0.1, 0.15) is 64.1 Å². The molecule has 0 aliphatic heterocycles. The van der Waals surface area contributed by atoms with E-state index in [9.17, 15) is 10.1 Å². The average molecular weight is 414 g/mol. The van der Waals surface area contributed by atoms with E-state index < -0.39 is 5.97 Å². The van der Waals surface area contributed by atoms with Crippen molar-refractivity contribution in [2.75, 3.05) is 6.61 Å². The normalized spacial score (nSPS) is 11.3. The van der Waals surface area contributed by atoms with Crippen LogP contribution >= 0.6 is 11.6 Å². The van der Waals surface area contributed by atoms with Crippen molar-refractivity contribution in [3.05, 3.63) is 52.8 Å². The molecule has 5 heteroatoms. The zero-order valence-electron chi connectivity index (χ0n) is 17.0. The Bertz CT molecular complexity index is 831. The van der Waals surface area contributed by atoms with Gasteiger partial charge in [0.05, 0.1) is 6.61 Å². The van der Waals surface area contributed by atoms with E-state index in [2.05, 4.69) is 6.92 Å². The molecule has 2 rings (SSSR count). The van der Waals surface area contributed by atoms with Crippen molar-refractivity contribution < 1.29 is 13.9 Å². The van der Waals surface area contributed by atoms with Crippen molar-refractivity contribution in [1.82, 2.24) is 0 Å². The maximum absolute atomic E-state index is 12.1. The van der Waals surface area contributed by atoms with Gasteiger partial charge < -0.3 is 9.15 Å². The number of hydrogen-bond acceptors (Lipinski definition) is 4. The van der Waals surface area contributed by atoms with Crippen LogP contribution in [0.4, 0.5) is 0 Å². The molecule has 0 bridgehead atoms. The lowest BCUT2D eigenvalue weighted by atomic mass is 10.1. The quantitative estimate of drug-likeness (QED) is 0.160. The summed E-state index contributed by atoms with van der Waals surface area (Å²) >= 11 is 5.89. The number of furan rings is 1. The van der Waals surface area contributed by atoms with Gasteiger partial charge in [-0.1, -0.05) is 63.5 Å². The number of benzene rings is 1. The zero-order chi connectivity index (χ0) is 20.9. The third kappa shape index (κ3) is 8.17. The summed E-state index contributed by atoms with van der Waals surface area (Å²) in [5.41, 5.74) is 0.798. The van der Waals surface area contributed by atoms with Crippen LogP contribution in [0.3, 0.4) is 0 Å². The number of hydrogen-bond donors (Lipinski definition) is 0. The van der Waals surface area contributed by atoms with Gasteiger partial charge in [-0.3, -0.25) is 0 Å². The summed E-state index contributed by atoms with van der Waals surface area (Å²) in [6, 6.07) is 12.6. The highest BCUT2D eigenvalue weighted by molar-refractivity contribution is 6.30. The summed E-state index contributed by atoms with van der Waals surface area (Å²) in [7, 11) is 0. The molecule has 0 saturated heterocycles. The van der Waals surface area contributed by atoms with Crippen LogP contribution in [-0.4, -0.2) is 12.6 Å². The number of nitrogens with zero attached hydrogens (tertiary/aromatic N) is 1. The number of carbonyl (C=O) groups excluding carboxylic acids is 1. The largest absolute Gasteiger partial charge is 0.462 e. The predicted octanol–water partition coefficient (Wildman–Crippen LogP) is 7.19. The summed E-state index contributed by atoms with van der Waals surface area (Å²) in [5, 5.41) is 9.93. The molecule has 2 aromatic rings. The van der Waals surface area contributed by atoms with Crippen molar-refractivity contribution in [2.24, 2.45) is 0 Å². The third-order valence-electron chi connectivity index (χ3n) is 4.61. The van der Waals surface area contributed by atoms with Gasteiger partial charge in [0.25, 0.3) is 0 Å². The summed E-state index contributed by atoms with van der Waals surface area (Å²) in [6.45, 7) is 2.55. The number of halogens is 1. The number of nitriles is 1. The van der Waals surface area contributed by atoms with Gasteiger partial charge in [0, 0.05) is 16.7 Å². The van der Waals surface area contributed by atoms with Gasteiger partial charge in [-0.05, 0) is 42.8 Å². The maximum atomic E-state index is 12.1. The van der Waals surface area contributed by atoms with E-state index in [1.54, 1.807) is 24.3 Å². The minimum Gasteiger partial charge on any atom is -0.462 e. The first-order valence-electron chi connectivity index (χ1n) is 10.3. The topological polar surface area (TPSA) is 63.2 Å². The molecular weight excluding hydrogens is 386 g/mol. The summed E-state index contributed by atoms with van der Waals surface area (Å²) in [6.07, 6.45) is 10.8. The van der Waals surface area contributed by atoms with E-state index >= 15 is 0 Å². The van der Waals surface area contributed by atoms with Gasteiger partial charge in [0.1, 0.15) is 23.2 Å². The number of ether oxygens (including phenoxy) is 1. The van der Waals surface area contributed by atoms with Crippen LogP contribution < -0.4 is 0 Å². The zero-order valence-corrected chi connectivity index (χ0v) is 17.7. The molecular formula is C24H28ClNO3. The van der Waals surface area contributed by atoms with Gasteiger partial charge in [-0.15, -0.1) is 0 Å². The average Bonchev–Trinajstić information content (AvgIpc) is 3.19. The Labute approximate surface area is 178 Å². The molecule has 0 unspecified atom stereocenters. The molecule has 0 aliphatic rings. The molecule has 0 spiro atoms. The first kappa shape index (κ1) is 22.8. The Balaban J connectivity index is 1.78. The summed E-state index contributed by atoms with van der Waals surface area (Å²) in [5.74, 6) is 0.452. The van der Waals surface area contributed by atoms with Crippen LogP contribution in [0.25, 0.3) is 17.4 Å². The Morgan fingerprint density at radius 2 is 1.69 bits per heavy atom. The first-order valence-corrected chi connectivity index (χ1v) is 10.7. The van der Waals surface area contributed by atoms with E-state index in [-0.39, 0.29) is 5.57 Å². The van der Waals surface area contributed by atoms with Gasteiger partial charge in [-0.25, -0.2) is 4.79 Å². The fourth-order valence-electron chi connectivity index (χ4n) is 2.96. The lowest BCUT2D eigenvalue weighted by Crippen LogP contribution is -2.07. The summed E-state index contributed by atoms with van der Waals surface area (Å²) < 4.78 is 10.9. The number of esters is 1. The van der Waals surface area contributed by atoms with Crippen LogP contribution in [-0.2, 0) is 9.53 Å². The maximum Gasteiger partial charge on any atom is 0.349 e. The Hall–Kier alpha value is -2.51. The number of carbonyl (C=O) groups is 1. The SMILES string of the molecule is CCCCCCCCCCOC(=O)/C(C#N)=C/c1ccc(-c2ccc(Cl)cc2)o1. The molecule has 1 heterocycles. The summed E-state index contributed by atoms with van der Waals surface area (Å²) in [4.78, 5) is 12.1. The number of rotatable bonds is 12. The number of unbranched alkanes of at least 4 members (excludes halogenated alkanes) is 7. The van der Waals surface area contributed by atoms with Crippen molar-refractivity contribution in [2.45, 2.75) is 58.3 Å². The molecule has 0 N–H and O–H groups in total. The van der Waals surface area contributed by atoms with Crippen LogP contribution in [0, 0.1) is 11.3 Å². The van der Waals surface area contributed by atoms with Gasteiger partial charge >= 0.3 is 5.97 Å². The molecule has 1 aromatic carbocycles. The standard InChI is InChI=1S/C24H28ClNO3/c1-2-3-4-5-6-7-8-9-16-28-24(27)20(18-26)17-22-14-15-23(29-22)19-10-12-21(25)13-11-19/h10-15,17H,2-9,16H2,1H3/b20-17+. The smallest absolute Gasteiger partial charge is 0.349 e. The molecule has 0 atom stereocenters. The van der Waals surface area contributed by atoms with E-state index in [1.165, 1.54) is 38.2 Å². The lowest BCUT2D eigenvalue weighted by Gasteiger charge is -2.04. The second kappa shape index (κ2) is 12.9. The fourth-order valence-corrected chi connectivity index (χ4v) is 3.08. The highest BCUT2D eigenvalue weighted by Crippen LogP contribution is 2.25. The molecule has 0 amide bonds.